The van der Waals surface area contributed by atoms with Gasteiger partial charge in [-0.25, -0.2) is 0 Å². The van der Waals surface area contributed by atoms with Gasteiger partial charge in [-0.05, 0) is 13.0 Å². The molecule has 0 spiro atoms. The van der Waals surface area contributed by atoms with E-state index in [1.165, 1.54) is 0 Å². The Balaban J connectivity index is 2.04. The first kappa shape index (κ1) is 6.16. The lowest BCUT2D eigenvalue weighted by atomic mass is 9.95. The van der Waals surface area contributed by atoms with Crippen molar-refractivity contribution >= 4 is 5.91 Å². The maximum Gasteiger partial charge on any atom is 0.220 e. The van der Waals surface area contributed by atoms with E-state index in [9.17, 15) is 4.79 Å². The molecule has 10 heavy (non-hydrogen) atoms. The van der Waals surface area contributed by atoms with E-state index in [1.807, 2.05) is 0 Å². The van der Waals surface area contributed by atoms with E-state index in [2.05, 4.69) is 10.6 Å². The second kappa shape index (κ2) is 2.23. The highest BCUT2D eigenvalue weighted by Crippen LogP contribution is 2.20. The highest BCUT2D eigenvalue weighted by molar-refractivity contribution is 5.79. The van der Waals surface area contributed by atoms with E-state index in [0.29, 0.717) is 12.0 Å². The third-order valence-electron chi connectivity index (χ3n) is 2.40. The molecule has 3 nitrogen and oxygen atoms in total. The minimum atomic E-state index is 0.235. The van der Waals surface area contributed by atoms with Crippen molar-refractivity contribution in [3.63, 3.8) is 0 Å². The van der Waals surface area contributed by atoms with Gasteiger partial charge in [0, 0.05) is 24.9 Å². The summed E-state index contributed by atoms with van der Waals surface area (Å²) in [5.74, 6) is 0.806. The predicted octanol–water partition coefficient (Wildman–Crippen LogP) is -0.516. The van der Waals surface area contributed by atoms with Crippen LogP contribution in [0.3, 0.4) is 0 Å². The number of piperidine rings is 1. The molecule has 2 heterocycles. The summed E-state index contributed by atoms with van der Waals surface area (Å²) in [5, 5.41) is 6.26. The van der Waals surface area contributed by atoms with Crippen LogP contribution < -0.4 is 10.6 Å². The number of fused-ring (bicyclic) bond motifs is 1. The van der Waals surface area contributed by atoms with Crippen LogP contribution in [0.5, 0.6) is 0 Å². The minimum absolute atomic E-state index is 0.235. The lowest BCUT2D eigenvalue weighted by Gasteiger charge is -2.24. The Labute approximate surface area is 60.2 Å². The highest BCUT2D eigenvalue weighted by Gasteiger charge is 2.33. The second-order valence-electron chi connectivity index (χ2n) is 3.13. The summed E-state index contributed by atoms with van der Waals surface area (Å²) < 4.78 is 0. The molecule has 0 saturated carbocycles. The smallest absolute Gasteiger partial charge is 0.220 e. The lowest BCUT2D eigenvalue weighted by Crippen LogP contribution is -2.41. The lowest BCUT2D eigenvalue weighted by molar-refractivity contribution is -0.119. The molecule has 56 valence electrons. The number of amides is 1. The van der Waals surface area contributed by atoms with Crippen LogP contribution in [0.15, 0.2) is 0 Å². The summed E-state index contributed by atoms with van der Waals surface area (Å²) in [6.45, 7) is 2.07. The quantitative estimate of drug-likeness (QED) is 0.475. The van der Waals surface area contributed by atoms with Crippen LogP contribution in [-0.4, -0.2) is 25.0 Å². The predicted molar refractivity (Wildman–Crippen MR) is 37.5 cm³/mol. The van der Waals surface area contributed by atoms with Gasteiger partial charge in [0.25, 0.3) is 0 Å². The van der Waals surface area contributed by atoms with E-state index in [4.69, 9.17) is 0 Å². The van der Waals surface area contributed by atoms with Gasteiger partial charge >= 0.3 is 0 Å². The van der Waals surface area contributed by atoms with Gasteiger partial charge in [0.2, 0.25) is 5.91 Å². The highest BCUT2D eigenvalue weighted by atomic mass is 16.2. The monoisotopic (exact) mass is 140 g/mol. The third kappa shape index (κ3) is 0.904. The summed E-state index contributed by atoms with van der Waals surface area (Å²) in [4.78, 5) is 10.9. The molecule has 2 rings (SSSR count). The number of carbonyl (C=O) groups excluding carboxylic acids is 1. The first-order valence-corrected chi connectivity index (χ1v) is 3.86. The number of hydrogen-bond donors (Lipinski definition) is 2. The van der Waals surface area contributed by atoms with Crippen LogP contribution in [0.25, 0.3) is 0 Å². The molecule has 0 aromatic heterocycles. The van der Waals surface area contributed by atoms with Crippen molar-refractivity contribution in [3.05, 3.63) is 0 Å². The summed E-state index contributed by atoms with van der Waals surface area (Å²) in [6.07, 6.45) is 1.84. The largest absolute Gasteiger partial charge is 0.353 e. The Morgan fingerprint density at radius 3 is 3.20 bits per heavy atom. The van der Waals surface area contributed by atoms with Gasteiger partial charge in [0.05, 0.1) is 0 Å². The van der Waals surface area contributed by atoms with Gasteiger partial charge in [-0.1, -0.05) is 0 Å². The van der Waals surface area contributed by atoms with Crippen LogP contribution in [-0.2, 0) is 4.79 Å². The Morgan fingerprint density at radius 1 is 1.50 bits per heavy atom. The van der Waals surface area contributed by atoms with Crippen molar-refractivity contribution in [2.75, 3.05) is 13.1 Å². The molecule has 1 amide bonds. The van der Waals surface area contributed by atoms with Gasteiger partial charge in [0.15, 0.2) is 0 Å². The van der Waals surface area contributed by atoms with E-state index in [1.54, 1.807) is 0 Å². The fourth-order valence-electron chi connectivity index (χ4n) is 1.83. The first-order valence-electron chi connectivity index (χ1n) is 3.86. The number of hydrogen-bond acceptors (Lipinski definition) is 2. The zero-order chi connectivity index (χ0) is 6.97. The third-order valence-corrected chi connectivity index (χ3v) is 2.40. The van der Waals surface area contributed by atoms with Crippen LogP contribution in [0.2, 0.25) is 0 Å². The van der Waals surface area contributed by atoms with Gasteiger partial charge in [-0.15, -0.1) is 0 Å². The topological polar surface area (TPSA) is 41.1 Å². The Kier molecular flexibility index (Phi) is 1.38. The molecule has 2 atom stereocenters. The molecule has 0 unspecified atom stereocenters. The average Bonchev–Trinajstić information content (AvgIpc) is 2.27. The van der Waals surface area contributed by atoms with Crippen molar-refractivity contribution in [1.82, 2.24) is 10.6 Å². The maximum atomic E-state index is 10.9. The number of nitrogens with one attached hydrogen (secondary N) is 2. The van der Waals surface area contributed by atoms with Crippen molar-refractivity contribution < 1.29 is 4.79 Å². The van der Waals surface area contributed by atoms with Gasteiger partial charge < -0.3 is 10.6 Å². The normalized spacial score (nSPS) is 39.0. The van der Waals surface area contributed by atoms with E-state index < -0.39 is 0 Å². The molecule has 3 heteroatoms. The number of rotatable bonds is 0. The molecular formula is C7H12N2O. The maximum absolute atomic E-state index is 10.9. The average molecular weight is 140 g/mol. The van der Waals surface area contributed by atoms with Crippen molar-refractivity contribution in [1.29, 1.82) is 0 Å². The second-order valence-corrected chi connectivity index (χ2v) is 3.13. The summed E-state index contributed by atoms with van der Waals surface area (Å²) in [6, 6.07) is 0.480. The Hall–Kier alpha value is -0.570. The van der Waals surface area contributed by atoms with Gasteiger partial charge in [-0.2, -0.15) is 0 Å². The van der Waals surface area contributed by atoms with Crippen molar-refractivity contribution in [2.45, 2.75) is 18.9 Å². The van der Waals surface area contributed by atoms with Crippen LogP contribution >= 0.6 is 0 Å². The minimum Gasteiger partial charge on any atom is -0.353 e. The SMILES string of the molecule is O=C1C[C@H]2CNCC[C@@H]2N1. The number of carbonyl (C=O) groups is 1. The molecule has 0 aromatic carbocycles. The molecular weight excluding hydrogens is 128 g/mol. The molecule has 2 saturated heterocycles. The molecule has 2 aliphatic heterocycles. The summed E-state index contributed by atoms with van der Waals surface area (Å²) >= 11 is 0. The zero-order valence-electron chi connectivity index (χ0n) is 5.89. The Morgan fingerprint density at radius 2 is 2.40 bits per heavy atom. The van der Waals surface area contributed by atoms with Gasteiger partial charge in [0.1, 0.15) is 0 Å². The van der Waals surface area contributed by atoms with Crippen molar-refractivity contribution in [2.24, 2.45) is 5.92 Å². The first-order chi connectivity index (χ1) is 4.86. The molecule has 2 aliphatic rings. The summed E-state index contributed by atoms with van der Waals surface area (Å²) in [7, 11) is 0. The van der Waals surface area contributed by atoms with Crippen LogP contribution in [0.1, 0.15) is 12.8 Å². The van der Waals surface area contributed by atoms with Crippen LogP contribution in [0.4, 0.5) is 0 Å². The zero-order valence-corrected chi connectivity index (χ0v) is 5.89. The standard InChI is InChI=1S/C7H12N2O/c10-7-3-5-4-8-2-1-6(5)9-7/h5-6,8H,1-4H2,(H,9,10)/t5-,6-/m0/s1. The molecule has 0 aromatic rings. The molecule has 2 N–H and O–H groups in total. The summed E-state index contributed by atoms with van der Waals surface area (Å²) in [5.41, 5.74) is 0. The van der Waals surface area contributed by atoms with E-state index >= 15 is 0 Å². The van der Waals surface area contributed by atoms with E-state index in [0.717, 1.165) is 25.9 Å². The molecule has 0 aliphatic carbocycles. The molecule has 0 bridgehead atoms. The molecule has 2 fully saturated rings. The Bertz CT molecular complexity index is 142. The fourth-order valence-corrected chi connectivity index (χ4v) is 1.83. The van der Waals surface area contributed by atoms with Crippen LogP contribution in [0, 0.1) is 5.92 Å². The van der Waals surface area contributed by atoms with Gasteiger partial charge in [-0.3, -0.25) is 4.79 Å². The fraction of sp³-hybridized carbons (Fsp3) is 0.857. The van der Waals surface area contributed by atoms with E-state index in [-0.39, 0.29) is 5.91 Å². The molecule has 0 radical (unpaired) electrons. The van der Waals surface area contributed by atoms with Crippen molar-refractivity contribution in [3.8, 4) is 0 Å².